The van der Waals surface area contributed by atoms with Gasteiger partial charge in [-0.1, -0.05) is 46.3 Å². The second kappa shape index (κ2) is 7.07. The maximum absolute atomic E-state index is 11.9. The van der Waals surface area contributed by atoms with Gasteiger partial charge in [0, 0.05) is 4.47 Å². The highest BCUT2D eigenvalue weighted by atomic mass is 79.9. The van der Waals surface area contributed by atoms with E-state index in [1.54, 1.807) is 0 Å². The highest BCUT2D eigenvalue weighted by Gasteiger charge is 2.33. The van der Waals surface area contributed by atoms with Crippen LogP contribution in [0.2, 0.25) is 0 Å². The van der Waals surface area contributed by atoms with Crippen molar-refractivity contribution < 1.29 is 9.53 Å². The molecule has 0 bridgehead atoms. The highest BCUT2D eigenvalue weighted by Crippen LogP contribution is 2.37. The van der Waals surface area contributed by atoms with Gasteiger partial charge in [-0.25, -0.2) is 0 Å². The van der Waals surface area contributed by atoms with E-state index in [1.165, 1.54) is 18.2 Å². The first-order valence-corrected chi connectivity index (χ1v) is 7.91. The zero-order chi connectivity index (χ0) is 14.5. The number of allylic oxidation sites excluding steroid dienone is 1. The van der Waals surface area contributed by atoms with Gasteiger partial charge in [0.1, 0.15) is 0 Å². The summed E-state index contributed by atoms with van der Waals surface area (Å²) in [5, 5.41) is 0. The Morgan fingerprint density at radius 3 is 2.90 bits per heavy atom. The molecule has 0 saturated heterocycles. The molecule has 1 aromatic rings. The summed E-state index contributed by atoms with van der Waals surface area (Å²) in [7, 11) is 1.48. The van der Waals surface area contributed by atoms with Crippen LogP contribution in [-0.2, 0) is 16.0 Å². The predicted molar refractivity (Wildman–Crippen MR) is 84.5 cm³/mol. The van der Waals surface area contributed by atoms with E-state index in [1.807, 2.05) is 12.1 Å². The molecule has 0 aliphatic heterocycles. The number of carbonyl (C=O) groups excluding carboxylic acids is 1. The number of hydrogen-bond acceptors (Lipinski definition) is 2. The summed E-state index contributed by atoms with van der Waals surface area (Å²) >= 11 is 3.58. The van der Waals surface area contributed by atoms with E-state index in [-0.39, 0.29) is 17.8 Å². The molecule has 1 aliphatic rings. The van der Waals surface area contributed by atoms with Gasteiger partial charge < -0.3 is 4.74 Å². The van der Waals surface area contributed by atoms with E-state index < -0.39 is 0 Å². The van der Waals surface area contributed by atoms with Gasteiger partial charge in [0.2, 0.25) is 0 Å². The number of esters is 1. The van der Waals surface area contributed by atoms with Crippen LogP contribution < -0.4 is 0 Å². The molecule has 0 N–H and O–H groups in total. The molecular formula is C17H21BrO2. The standard InChI is InChI=1S/C17H21BrO2/c1-12-6-5-8-15(17(19)20-2)14(12)11-10-13-7-3-4-9-16(13)18/h3-4,7,9,14-15H,1,5-6,8,10-11H2,2H3/t14-,15-/m1/s1. The average molecular weight is 337 g/mol. The van der Waals surface area contributed by atoms with Gasteiger partial charge >= 0.3 is 5.97 Å². The van der Waals surface area contributed by atoms with Gasteiger partial charge in [0.25, 0.3) is 0 Å². The van der Waals surface area contributed by atoms with Crippen LogP contribution in [-0.4, -0.2) is 13.1 Å². The van der Waals surface area contributed by atoms with Gasteiger partial charge in [-0.3, -0.25) is 4.79 Å². The maximum Gasteiger partial charge on any atom is 0.309 e. The van der Waals surface area contributed by atoms with Gasteiger partial charge in [-0.15, -0.1) is 0 Å². The summed E-state index contributed by atoms with van der Waals surface area (Å²) in [6, 6.07) is 8.25. The lowest BCUT2D eigenvalue weighted by Gasteiger charge is -2.31. The van der Waals surface area contributed by atoms with Crippen LogP contribution in [0.1, 0.15) is 31.2 Å². The molecule has 2 nitrogen and oxygen atoms in total. The van der Waals surface area contributed by atoms with Crippen LogP contribution in [0.25, 0.3) is 0 Å². The van der Waals surface area contributed by atoms with Crippen LogP contribution in [0.3, 0.4) is 0 Å². The van der Waals surface area contributed by atoms with E-state index >= 15 is 0 Å². The van der Waals surface area contributed by atoms with E-state index in [0.29, 0.717) is 0 Å². The number of ether oxygens (including phenoxy) is 1. The molecule has 0 spiro atoms. The minimum Gasteiger partial charge on any atom is -0.469 e. The Balaban J connectivity index is 2.06. The smallest absolute Gasteiger partial charge is 0.309 e. The molecule has 1 aliphatic carbocycles. The largest absolute Gasteiger partial charge is 0.469 e. The molecule has 3 heteroatoms. The summed E-state index contributed by atoms with van der Waals surface area (Å²) < 4.78 is 6.09. The van der Waals surface area contributed by atoms with Crippen molar-refractivity contribution in [2.45, 2.75) is 32.1 Å². The lowest BCUT2D eigenvalue weighted by atomic mass is 9.74. The Morgan fingerprint density at radius 2 is 2.20 bits per heavy atom. The SMILES string of the molecule is C=C1CCC[C@@H](C(=O)OC)[C@@H]1CCc1ccccc1Br. The van der Waals surface area contributed by atoms with Crippen LogP contribution in [0.4, 0.5) is 0 Å². The molecule has 1 aromatic carbocycles. The van der Waals surface area contributed by atoms with Crippen molar-refractivity contribution >= 4 is 21.9 Å². The molecule has 0 aromatic heterocycles. The fraction of sp³-hybridized carbons (Fsp3) is 0.471. The first kappa shape index (κ1) is 15.3. The third-order valence-corrected chi connectivity index (χ3v) is 4.98. The summed E-state index contributed by atoms with van der Waals surface area (Å²) in [4.78, 5) is 11.9. The second-order valence-electron chi connectivity index (χ2n) is 5.42. The molecule has 20 heavy (non-hydrogen) atoms. The Morgan fingerprint density at radius 1 is 1.45 bits per heavy atom. The Labute approximate surface area is 129 Å². The van der Waals surface area contributed by atoms with E-state index in [2.05, 4.69) is 34.6 Å². The van der Waals surface area contributed by atoms with Crippen molar-refractivity contribution in [3.63, 3.8) is 0 Å². The summed E-state index contributed by atoms with van der Waals surface area (Å²) in [6.07, 6.45) is 4.92. The Bertz CT molecular complexity index is 496. The Kier molecular flexibility index (Phi) is 5.41. The van der Waals surface area contributed by atoms with Gasteiger partial charge in [-0.2, -0.15) is 0 Å². The molecule has 108 valence electrons. The van der Waals surface area contributed by atoms with Gasteiger partial charge in [-0.05, 0) is 49.7 Å². The van der Waals surface area contributed by atoms with Crippen molar-refractivity contribution in [2.75, 3.05) is 7.11 Å². The van der Waals surface area contributed by atoms with E-state index in [0.717, 1.165) is 36.6 Å². The zero-order valence-electron chi connectivity index (χ0n) is 11.9. The van der Waals surface area contributed by atoms with E-state index in [9.17, 15) is 4.79 Å². The lowest BCUT2D eigenvalue weighted by molar-refractivity contribution is -0.147. The van der Waals surface area contributed by atoms with Crippen molar-refractivity contribution in [2.24, 2.45) is 11.8 Å². The predicted octanol–water partition coefficient (Wildman–Crippen LogP) is 4.53. The first-order chi connectivity index (χ1) is 9.63. The van der Waals surface area contributed by atoms with Crippen LogP contribution in [0.15, 0.2) is 40.9 Å². The summed E-state index contributed by atoms with van der Waals surface area (Å²) in [6.45, 7) is 4.18. The van der Waals surface area contributed by atoms with Gasteiger partial charge in [0.15, 0.2) is 0 Å². The summed E-state index contributed by atoms with van der Waals surface area (Å²) in [5.74, 6) is 0.162. The molecule has 1 saturated carbocycles. The number of benzene rings is 1. The van der Waals surface area contributed by atoms with Crippen LogP contribution in [0, 0.1) is 11.8 Å². The lowest BCUT2D eigenvalue weighted by Crippen LogP contribution is -2.30. The number of rotatable bonds is 4. The number of carbonyl (C=O) groups is 1. The molecule has 0 unspecified atom stereocenters. The van der Waals surface area contributed by atoms with Gasteiger partial charge in [0.05, 0.1) is 13.0 Å². The average Bonchev–Trinajstić information content (AvgIpc) is 2.46. The molecular weight excluding hydrogens is 316 g/mol. The molecule has 0 radical (unpaired) electrons. The third-order valence-electron chi connectivity index (χ3n) is 4.21. The van der Waals surface area contributed by atoms with Crippen molar-refractivity contribution in [1.29, 1.82) is 0 Å². The first-order valence-electron chi connectivity index (χ1n) is 7.12. The normalized spacial score (nSPS) is 22.6. The highest BCUT2D eigenvalue weighted by molar-refractivity contribution is 9.10. The second-order valence-corrected chi connectivity index (χ2v) is 6.27. The minimum absolute atomic E-state index is 0.0104. The molecule has 0 amide bonds. The monoisotopic (exact) mass is 336 g/mol. The van der Waals surface area contributed by atoms with Crippen molar-refractivity contribution in [3.05, 3.63) is 46.5 Å². The fourth-order valence-electron chi connectivity index (χ4n) is 3.07. The number of hydrogen-bond donors (Lipinski definition) is 0. The number of halogens is 1. The van der Waals surface area contributed by atoms with Crippen molar-refractivity contribution in [3.8, 4) is 0 Å². The Hall–Kier alpha value is -1.09. The number of methoxy groups -OCH3 is 1. The minimum atomic E-state index is -0.0806. The zero-order valence-corrected chi connectivity index (χ0v) is 13.5. The van der Waals surface area contributed by atoms with Crippen LogP contribution in [0.5, 0.6) is 0 Å². The molecule has 1 fully saturated rings. The van der Waals surface area contributed by atoms with E-state index in [4.69, 9.17) is 4.74 Å². The van der Waals surface area contributed by atoms with Crippen LogP contribution >= 0.6 is 15.9 Å². The third kappa shape index (κ3) is 3.51. The quantitative estimate of drug-likeness (QED) is 0.596. The van der Waals surface area contributed by atoms with Crippen molar-refractivity contribution in [1.82, 2.24) is 0 Å². The molecule has 2 atom stereocenters. The topological polar surface area (TPSA) is 26.3 Å². The fourth-order valence-corrected chi connectivity index (χ4v) is 3.55. The maximum atomic E-state index is 11.9. The molecule has 0 heterocycles. The number of aryl methyl sites for hydroxylation is 1. The molecule has 2 rings (SSSR count). The summed E-state index contributed by atoms with van der Waals surface area (Å²) in [5.41, 5.74) is 2.49.